The Morgan fingerprint density at radius 3 is 2.89 bits per heavy atom. The number of aromatic carboxylic acids is 1. The topological polar surface area (TPSA) is 46.5 Å². The third-order valence-electron chi connectivity index (χ3n) is 3.32. The molecule has 1 atom stereocenters. The lowest BCUT2D eigenvalue weighted by atomic mass is 9.94. The molecule has 1 unspecified atom stereocenters. The summed E-state index contributed by atoms with van der Waals surface area (Å²) in [5.74, 6) is 0.175. The molecule has 2 rings (SSSR count). The van der Waals surface area contributed by atoms with Crippen molar-refractivity contribution in [3.63, 3.8) is 0 Å². The zero-order valence-electron chi connectivity index (χ0n) is 10.9. The number of hydrogen-bond acceptors (Lipinski definition) is 3. The number of carboxylic acids is 1. The third-order valence-corrected chi connectivity index (χ3v) is 4.59. The smallest absolute Gasteiger partial charge is 0.335 e. The lowest BCUT2D eigenvalue weighted by Crippen LogP contribution is -2.16. The van der Waals surface area contributed by atoms with Crippen LogP contribution < -0.4 is 0 Å². The number of aryl methyl sites for hydroxylation is 1. The molecule has 0 saturated carbocycles. The van der Waals surface area contributed by atoms with Crippen molar-refractivity contribution in [2.45, 2.75) is 38.2 Å². The minimum atomic E-state index is -0.857. The Kier molecular flexibility index (Phi) is 3.97. The van der Waals surface area contributed by atoms with Crippen LogP contribution in [0.3, 0.4) is 0 Å². The molecule has 0 saturated heterocycles. The lowest BCUT2D eigenvalue weighted by Gasteiger charge is -2.28. The number of benzene rings is 1. The van der Waals surface area contributed by atoms with Gasteiger partial charge in [0.25, 0.3) is 0 Å². The van der Waals surface area contributed by atoms with Gasteiger partial charge in [-0.3, -0.25) is 0 Å². The van der Waals surface area contributed by atoms with Crippen molar-refractivity contribution in [3.05, 3.63) is 28.3 Å². The lowest BCUT2D eigenvalue weighted by molar-refractivity contribution is 0.0567. The van der Waals surface area contributed by atoms with Crippen LogP contribution >= 0.6 is 11.8 Å². The maximum Gasteiger partial charge on any atom is 0.335 e. The minimum absolute atomic E-state index is 0.0456. The zero-order valence-corrected chi connectivity index (χ0v) is 11.8. The van der Waals surface area contributed by atoms with Gasteiger partial charge in [-0.1, -0.05) is 0 Å². The molecule has 1 aliphatic rings. The van der Waals surface area contributed by atoms with E-state index < -0.39 is 5.97 Å². The first-order chi connectivity index (χ1) is 8.56. The molecule has 0 radical (unpaired) electrons. The highest BCUT2D eigenvalue weighted by Gasteiger charge is 2.27. The molecule has 1 aliphatic heterocycles. The van der Waals surface area contributed by atoms with Crippen LogP contribution in [-0.4, -0.2) is 23.4 Å². The highest BCUT2D eigenvalue weighted by molar-refractivity contribution is 7.99. The standard InChI is InChI=1S/C14H18O3S/c1-4-17-11-5-6-18-13-8(2)7-10(14(15)16)9(3)12(11)13/h7,11H,4-6H2,1-3H3,(H,15,16). The van der Waals surface area contributed by atoms with E-state index in [0.29, 0.717) is 12.2 Å². The molecule has 1 aromatic rings. The Morgan fingerprint density at radius 1 is 1.56 bits per heavy atom. The highest BCUT2D eigenvalue weighted by atomic mass is 32.2. The summed E-state index contributed by atoms with van der Waals surface area (Å²) in [6.45, 7) is 6.50. The molecular formula is C14H18O3S. The molecule has 18 heavy (non-hydrogen) atoms. The molecule has 0 fully saturated rings. The zero-order chi connectivity index (χ0) is 13.3. The van der Waals surface area contributed by atoms with Crippen LogP contribution in [0.15, 0.2) is 11.0 Å². The molecule has 0 amide bonds. The maximum atomic E-state index is 11.3. The Morgan fingerprint density at radius 2 is 2.28 bits per heavy atom. The normalized spacial score (nSPS) is 18.5. The van der Waals surface area contributed by atoms with Crippen LogP contribution in [0.25, 0.3) is 0 Å². The predicted molar refractivity (Wildman–Crippen MR) is 72.6 cm³/mol. The van der Waals surface area contributed by atoms with Crippen LogP contribution in [0.4, 0.5) is 0 Å². The van der Waals surface area contributed by atoms with E-state index in [1.807, 2.05) is 20.8 Å². The fourth-order valence-corrected chi connectivity index (χ4v) is 3.76. The molecule has 1 aromatic carbocycles. The molecule has 1 N–H and O–H groups in total. The largest absolute Gasteiger partial charge is 0.478 e. The van der Waals surface area contributed by atoms with E-state index in [2.05, 4.69) is 0 Å². The van der Waals surface area contributed by atoms with Gasteiger partial charge >= 0.3 is 5.97 Å². The van der Waals surface area contributed by atoms with Crippen molar-refractivity contribution < 1.29 is 14.6 Å². The predicted octanol–water partition coefficient (Wildman–Crippen LogP) is 3.58. The Bertz CT molecular complexity index is 482. The summed E-state index contributed by atoms with van der Waals surface area (Å²) in [5, 5.41) is 9.26. The third kappa shape index (κ3) is 2.27. The van der Waals surface area contributed by atoms with Gasteiger partial charge in [-0.15, -0.1) is 11.8 Å². The van der Waals surface area contributed by atoms with Crippen molar-refractivity contribution in [1.82, 2.24) is 0 Å². The van der Waals surface area contributed by atoms with Crippen molar-refractivity contribution in [1.29, 1.82) is 0 Å². The van der Waals surface area contributed by atoms with E-state index in [9.17, 15) is 9.90 Å². The summed E-state index contributed by atoms with van der Waals surface area (Å²) in [6.07, 6.45) is 0.999. The second kappa shape index (κ2) is 5.33. The average molecular weight is 266 g/mol. The van der Waals surface area contributed by atoms with E-state index in [1.54, 1.807) is 17.8 Å². The monoisotopic (exact) mass is 266 g/mol. The van der Waals surface area contributed by atoms with E-state index >= 15 is 0 Å². The number of carbonyl (C=O) groups is 1. The van der Waals surface area contributed by atoms with Gasteiger partial charge in [-0.25, -0.2) is 4.79 Å². The molecular weight excluding hydrogens is 248 g/mol. The molecule has 0 aromatic heterocycles. The van der Waals surface area contributed by atoms with Gasteiger partial charge < -0.3 is 9.84 Å². The van der Waals surface area contributed by atoms with Crippen molar-refractivity contribution in [3.8, 4) is 0 Å². The first kappa shape index (κ1) is 13.4. The second-order valence-electron chi connectivity index (χ2n) is 4.50. The fraction of sp³-hybridized carbons (Fsp3) is 0.500. The fourth-order valence-electron chi connectivity index (χ4n) is 2.50. The number of hydrogen-bond donors (Lipinski definition) is 1. The Labute approximate surface area is 112 Å². The van der Waals surface area contributed by atoms with Gasteiger partial charge in [-0.05, 0) is 49.9 Å². The molecule has 98 valence electrons. The highest BCUT2D eigenvalue weighted by Crippen LogP contribution is 2.42. The number of rotatable bonds is 3. The van der Waals surface area contributed by atoms with Gasteiger partial charge in [0.05, 0.1) is 11.7 Å². The van der Waals surface area contributed by atoms with E-state index in [0.717, 1.165) is 28.9 Å². The van der Waals surface area contributed by atoms with Crippen molar-refractivity contribution in [2.75, 3.05) is 12.4 Å². The number of carboxylic acid groups (broad SMARTS) is 1. The minimum Gasteiger partial charge on any atom is -0.478 e. The van der Waals surface area contributed by atoms with Crippen LogP contribution in [0.1, 0.15) is 46.5 Å². The van der Waals surface area contributed by atoms with Crippen LogP contribution in [0.5, 0.6) is 0 Å². The summed E-state index contributed by atoms with van der Waals surface area (Å²) in [7, 11) is 0. The van der Waals surface area contributed by atoms with Crippen LogP contribution in [0.2, 0.25) is 0 Å². The molecule has 0 bridgehead atoms. The van der Waals surface area contributed by atoms with Gasteiger partial charge in [0.1, 0.15) is 0 Å². The summed E-state index contributed by atoms with van der Waals surface area (Å²) < 4.78 is 5.77. The number of ether oxygens (including phenoxy) is 1. The summed E-state index contributed by atoms with van der Waals surface area (Å²) in [4.78, 5) is 12.5. The first-order valence-electron chi connectivity index (χ1n) is 6.18. The van der Waals surface area contributed by atoms with E-state index in [4.69, 9.17) is 4.74 Å². The van der Waals surface area contributed by atoms with Crippen LogP contribution in [-0.2, 0) is 4.74 Å². The molecule has 1 heterocycles. The summed E-state index contributed by atoms with van der Waals surface area (Å²) in [5.41, 5.74) is 3.39. The van der Waals surface area contributed by atoms with Crippen LogP contribution in [0, 0.1) is 13.8 Å². The molecule has 4 heteroatoms. The molecule has 0 spiro atoms. The number of fused-ring (bicyclic) bond motifs is 1. The van der Waals surface area contributed by atoms with Gasteiger partial charge in [-0.2, -0.15) is 0 Å². The Balaban J connectivity index is 2.59. The second-order valence-corrected chi connectivity index (χ2v) is 5.60. The van der Waals surface area contributed by atoms with Crippen molar-refractivity contribution >= 4 is 17.7 Å². The van der Waals surface area contributed by atoms with Crippen molar-refractivity contribution in [2.24, 2.45) is 0 Å². The van der Waals surface area contributed by atoms with Gasteiger partial charge in [0, 0.05) is 17.3 Å². The summed E-state index contributed by atoms with van der Waals surface area (Å²) >= 11 is 1.81. The number of thioether (sulfide) groups is 1. The molecule has 0 aliphatic carbocycles. The van der Waals surface area contributed by atoms with E-state index in [1.165, 1.54) is 4.90 Å². The van der Waals surface area contributed by atoms with Gasteiger partial charge in [0.15, 0.2) is 0 Å². The average Bonchev–Trinajstić information content (AvgIpc) is 2.33. The van der Waals surface area contributed by atoms with E-state index in [-0.39, 0.29) is 6.10 Å². The molecule has 3 nitrogen and oxygen atoms in total. The SMILES string of the molecule is CCOC1CCSc2c(C)cc(C(=O)O)c(C)c21. The maximum absolute atomic E-state index is 11.3. The van der Waals surface area contributed by atoms with Gasteiger partial charge in [0.2, 0.25) is 0 Å². The quantitative estimate of drug-likeness (QED) is 0.908. The first-order valence-corrected chi connectivity index (χ1v) is 7.16. The Hall–Kier alpha value is -1.00. The summed E-state index contributed by atoms with van der Waals surface area (Å²) in [6, 6.07) is 1.78.